The molecule has 0 fully saturated rings. The van der Waals surface area contributed by atoms with Crippen LogP contribution in [-0.2, 0) is 0 Å². The summed E-state index contributed by atoms with van der Waals surface area (Å²) in [5.41, 5.74) is 1.84. The molecule has 0 unspecified atom stereocenters. The third-order valence-electron chi connectivity index (χ3n) is 3.12. The number of carbonyl (C=O) groups is 1. The van der Waals surface area contributed by atoms with Crippen LogP contribution in [0.15, 0.2) is 49.1 Å². The van der Waals surface area contributed by atoms with Crippen molar-refractivity contribution in [3.8, 4) is 5.75 Å². The van der Waals surface area contributed by atoms with Gasteiger partial charge < -0.3 is 4.74 Å². The van der Waals surface area contributed by atoms with Gasteiger partial charge in [-0.1, -0.05) is 13.0 Å². The van der Waals surface area contributed by atoms with Crippen LogP contribution in [0.1, 0.15) is 29.3 Å². The standard InChI is InChI=1S/C16H15N3O2/c1-2-7-21-13-8-12(9-17-10-13)16(20)14-11-18-19-6-4-3-5-15(14)19/h3-6,8-11H,2,7H2,1H3. The van der Waals surface area contributed by atoms with Gasteiger partial charge in [-0.05, 0) is 24.6 Å². The van der Waals surface area contributed by atoms with Crippen molar-refractivity contribution >= 4 is 11.3 Å². The smallest absolute Gasteiger partial charge is 0.198 e. The Kier molecular flexibility index (Phi) is 3.64. The number of hydrogen-bond acceptors (Lipinski definition) is 4. The van der Waals surface area contributed by atoms with Gasteiger partial charge in [-0.15, -0.1) is 0 Å². The number of ether oxygens (including phenoxy) is 1. The molecule has 0 atom stereocenters. The number of pyridine rings is 2. The minimum absolute atomic E-state index is 0.106. The van der Waals surface area contributed by atoms with Crippen LogP contribution < -0.4 is 4.74 Å². The molecule has 0 aliphatic carbocycles. The number of aromatic nitrogens is 3. The topological polar surface area (TPSA) is 56.5 Å². The number of nitrogens with zero attached hydrogens (tertiary/aromatic N) is 3. The van der Waals surface area contributed by atoms with Crippen LogP contribution in [0.5, 0.6) is 5.75 Å². The van der Waals surface area contributed by atoms with Crippen molar-refractivity contribution in [2.45, 2.75) is 13.3 Å². The number of carbonyl (C=O) groups excluding carboxylic acids is 1. The first-order valence-corrected chi connectivity index (χ1v) is 6.84. The van der Waals surface area contributed by atoms with Crippen molar-refractivity contribution < 1.29 is 9.53 Å². The van der Waals surface area contributed by atoms with Crippen LogP contribution in [0, 0.1) is 0 Å². The Bertz CT molecular complexity index is 780. The van der Waals surface area contributed by atoms with Gasteiger partial charge in [-0.3, -0.25) is 9.78 Å². The molecule has 0 spiro atoms. The van der Waals surface area contributed by atoms with Crippen molar-refractivity contribution in [1.29, 1.82) is 0 Å². The largest absolute Gasteiger partial charge is 0.492 e. The molecular formula is C16H15N3O2. The predicted molar refractivity (Wildman–Crippen MR) is 78.6 cm³/mol. The highest BCUT2D eigenvalue weighted by Gasteiger charge is 2.15. The van der Waals surface area contributed by atoms with Gasteiger partial charge >= 0.3 is 0 Å². The molecule has 21 heavy (non-hydrogen) atoms. The van der Waals surface area contributed by atoms with E-state index in [0.29, 0.717) is 23.5 Å². The van der Waals surface area contributed by atoms with E-state index in [2.05, 4.69) is 10.1 Å². The summed E-state index contributed by atoms with van der Waals surface area (Å²) >= 11 is 0. The molecule has 5 heteroatoms. The molecule has 0 aliphatic heterocycles. The Morgan fingerprint density at radius 1 is 1.29 bits per heavy atom. The normalized spacial score (nSPS) is 10.7. The second-order valence-electron chi connectivity index (χ2n) is 4.68. The summed E-state index contributed by atoms with van der Waals surface area (Å²) in [7, 11) is 0. The highest BCUT2D eigenvalue weighted by Crippen LogP contribution is 2.18. The lowest BCUT2D eigenvalue weighted by atomic mass is 10.1. The lowest BCUT2D eigenvalue weighted by Crippen LogP contribution is -2.03. The van der Waals surface area contributed by atoms with E-state index in [1.165, 1.54) is 0 Å². The van der Waals surface area contributed by atoms with Crippen LogP contribution in [0.2, 0.25) is 0 Å². The quantitative estimate of drug-likeness (QED) is 0.675. The molecule has 5 nitrogen and oxygen atoms in total. The summed E-state index contributed by atoms with van der Waals surface area (Å²) in [5.74, 6) is 0.504. The zero-order valence-electron chi connectivity index (χ0n) is 11.7. The minimum atomic E-state index is -0.106. The van der Waals surface area contributed by atoms with E-state index >= 15 is 0 Å². The summed E-state index contributed by atoms with van der Waals surface area (Å²) in [6.45, 7) is 2.64. The molecule has 0 aliphatic rings. The Hall–Kier alpha value is -2.69. The number of hydrogen-bond donors (Lipinski definition) is 0. The maximum Gasteiger partial charge on any atom is 0.198 e. The monoisotopic (exact) mass is 281 g/mol. The van der Waals surface area contributed by atoms with Gasteiger partial charge in [0, 0.05) is 18.0 Å². The first-order chi connectivity index (χ1) is 10.3. The maximum atomic E-state index is 12.6. The molecule has 0 bridgehead atoms. The van der Waals surface area contributed by atoms with E-state index < -0.39 is 0 Å². The van der Waals surface area contributed by atoms with Crippen LogP contribution in [0.3, 0.4) is 0 Å². The van der Waals surface area contributed by atoms with Gasteiger partial charge in [0.1, 0.15) is 5.75 Å². The molecule has 0 N–H and O–H groups in total. The van der Waals surface area contributed by atoms with E-state index in [-0.39, 0.29) is 5.78 Å². The van der Waals surface area contributed by atoms with E-state index in [0.717, 1.165) is 11.9 Å². The van der Waals surface area contributed by atoms with E-state index in [1.807, 2.05) is 31.3 Å². The van der Waals surface area contributed by atoms with Gasteiger partial charge in [-0.25, -0.2) is 4.52 Å². The Labute approximate surface area is 122 Å². The first-order valence-electron chi connectivity index (χ1n) is 6.84. The Morgan fingerprint density at radius 3 is 3.05 bits per heavy atom. The summed E-state index contributed by atoms with van der Waals surface area (Å²) in [6.07, 6.45) is 7.46. The second-order valence-corrected chi connectivity index (χ2v) is 4.68. The van der Waals surface area contributed by atoms with Crippen molar-refractivity contribution in [2.75, 3.05) is 6.61 Å². The fourth-order valence-electron chi connectivity index (χ4n) is 2.11. The summed E-state index contributed by atoms with van der Waals surface area (Å²) in [4.78, 5) is 16.7. The Morgan fingerprint density at radius 2 is 2.19 bits per heavy atom. The zero-order valence-corrected chi connectivity index (χ0v) is 11.7. The van der Waals surface area contributed by atoms with Gasteiger partial charge in [0.05, 0.1) is 30.1 Å². The van der Waals surface area contributed by atoms with Crippen molar-refractivity contribution in [1.82, 2.24) is 14.6 Å². The lowest BCUT2D eigenvalue weighted by Gasteiger charge is -2.05. The third-order valence-corrected chi connectivity index (χ3v) is 3.12. The van der Waals surface area contributed by atoms with Crippen molar-refractivity contribution in [3.63, 3.8) is 0 Å². The first kappa shape index (κ1) is 13.3. The van der Waals surface area contributed by atoms with E-state index in [1.54, 1.807) is 29.2 Å². The van der Waals surface area contributed by atoms with Crippen molar-refractivity contribution in [2.24, 2.45) is 0 Å². The fraction of sp³-hybridized carbons (Fsp3) is 0.188. The van der Waals surface area contributed by atoms with Gasteiger partial charge in [0.25, 0.3) is 0 Å². The van der Waals surface area contributed by atoms with E-state index in [4.69, 9.17) is 4.74 Å². The highest BCUT2D eigenvalue weighted by molar-refractivity contribution is 6.12. The molecule has 0 saturated heterocycles. The molecule has 3 rings (SSSR count). The van der Waals surface area contributed by atoms with Crippen LogP contribution in [0.25, 0.3) is 5.52 Å². The molecular weight excluding hydrogens is 266 g/mol. The van der Waals surface area contributed by atoms with Crippen LogP contribution >= 0.6 is 0 Å². The molecule has 3 heterocycles. The Balaban J connectivity index is 1.94. The average molecular weight is 281 g/mol. The number of rotatable bonds is 5. The van der Waals surface area contributed by atoms with Crippen LogP contribution in [0.4, 0.5) is 0 Å². The fourth-order valence-corrected chi connectivity index (χ4v) is 2.11. The number of ketones is 1. The van der Waals surface area contributed by atoms with E-state index in [9.17, 15) is 4.79 Å². The van der Waals surface area contributed by atoms with Gasteiger partial charge in [0.15, 0.2) is 5.78 Å². The maximum absolute atomic E-state index is 12.6. The molecule has 0 aromatic carbocycles. The summed E-state index contributed by atoms with van der Waals surface area (Å²) in [6, 6.07) is 7.34. The lowest BCUT2D eigenvalue weighted by molar-refractivity contribution is 0.103. The number of fused-ring (bicyclic) bond motifs is 1. The summed E-state index contributed by atoms with van der Waals surface area (Å²) in [5, 5.41) is 4.18. The molecule has 3 aromatic heterocycles. The molecule has 3 aromatic rings. The third kappa shape index (κ3) is 2.63. The van der Waals surface area contributed by atoms with Crippen LogP contribution in [-0.4, -0.2) is 27.0 Å². The van der Waals surface area contributed by atoms with Gasteiger partial charge in [0.2, 0.25) is 0 Å². The average Bonchev–Trinajstić information content (AvgIpc) is 2.96. The second kappa shape index (κ2) is 5.75. The minimum Gasteiger partial charge on any atom is -0.492 e. The molecule has 0 saturated carbocycles. The highest BCUT2D eigenvalue weighted by atomic mass is 16.5. The zero-order chi connectivity index (χ0) is 14.7. The summed E-state index contributed by atoms with van der Waals surface area (Å²) < 4.78 is 7.19. The SMILES string of the molecule is CCCOc1cncc(C(=O)c2cnn3ccccc23)c1. The molecule has 0 radical (unpaired) electrons. The van der Waals surface area contributed by atoms with Gasteiger partial charge in [-0.2, -0.15) is 5.10 Å². The molecule has 106 valence electrons. The molecule has 0 amide bonds. The van der Waals surface area contributed by atoms with Crippen molar-refractivity contribution in [3.05, 3.63) is 60.2 Å². The predicted octanol–water partition coefficient (Wildman–Crippen LogP) is 2.75.